The third kappa shape index (κ3) is 5.29. The van der Waals surface area contributed by atoms with Crippen LogP contribution in [0.2, 0.25) is 0 Å². The molecule has 6 nitrogen and oxygen atoms in total. The lowest BCUT2D eigenvalue weighted by Gasteiger charge is -2.16. The summed E-state index contributed by atoms with van der Waals surface area (Å²) in [5.74, 6) is -0.431. The van der Waals surface area contributed by atoms with Gasteiger partial charge in [-0.25, -0.2) is 0 Å². The maximum absolute atomic E-state index is 10.8. The highest BCUT2D eigenvalue weighted by atomic mass is 16.6. The Kier molecular flexibility index (Phi) is 6.57. The van der Waals surface area contributed by atoms with Gasteiger partial charge in [-0.2, -0.15) is 0 Å². The van der Waals surface area contributed by atoms with E-state index in [-0.39, 0.29) is 11.5 Å². The highest BCUT2D eigenvalue weighted by molar-refractivity contribution is 4.68. The molecule has 0 N–H and O–H groups in total. The van der Waals surface area contributed by atoms with Crippen LogP contribution in [0.3, 0.4) is 0 Å². The minimum Gasteiger partial charge on any atom is -0.265 e. The Morgan fingerprint density at radius 2 is 1.60 bits per heavy atom. The van der Waals surface area contributed by atoms with Crippen molar-refractivity contribution in [1.29, 1.82) is 0 Å². The molecule has 0 aromatic carbocycles. The van der Waals surface area contributed by atoms with E-state index in [1.165, 1.54) is 0 Å². The Balaban J connectivity index is 4.50. The van der Waals surface area contributed by atoms with Crippen molar-refractivity contribution in [3.8, 4) is 0 Å². The van der Waals surface area contributed by atoms with Crippen LogP contribution in [0.1, 0.15) is 39.5 Å². The first-order chi connectivity index (χ1) is 7.02. The van der Waals surface area contributed by atoms with Gasteiger partial charge in [-0.05, 0) is 12.8 Å². The van der Waals surface area contributed by atoms with Gasteiger partial charge in [0.05, 0.1) is 5.92 Å². The fourth-order valence-corrected chi connectivity index (χ4v) is 1.78. The third-order valence-electron chi connectivity index (χ3n) is 2.44. The Hall–Kier alpha value is -1.20. The average Bonchev–Trinajstić information content (AvgIpc) is 2.12. The van der Waals surface area contributed by atoms with Gasteiger partial charge < -0.3 is 0 Å². The monoisotopic (exact) mass is 218 g/mol. The molecule has 2 atom stereocenters. The van der Waals surface area contributed by atoms with Crippen LogP contribution in [0.5, 0.6) is 0 Å². The third-order valence-corrected chi connectivity index (χ3v) is 2.44. The van der Waals surface area contributed by atoms with Gasteiger partial charge in [0.15, 0.2) is 0 Å². The van der Waals surface area contributed by atoms with Crippen molar-refractivity contribution >= 4 is 0 Å². The molecule has 0 saturated carbocycles. The van der Waals surface area contributed by atoms with Crippen molar-refractivity contribution in [3.05, 3.63) is 20.2 Å². The molecule has 15 heavy (non-hydrogen) atoms. The molecule has 2 unspecified atom stereocenters. The fraction of sp³-hybridized carbons (Fsp3) is 1.00. The van der Waals surface area contributed by atoms with Crippen LogP contribution in [0.4, 0.5) is 0 Å². The minimum absolute atomic E-state index is 0.292. The zero-order valence-corrected chi connectivity index (χ0v) is 9.22. The smallest absolute Gasteiger partial charge is 0.222 e. The summed E-state index contributed by atoms with van der Waals surface area (Å²) in [4.78, 5) is 20.3. The van der Waals surface area contributed by atoms with Crippen LogP contribution in [-0.2, 0) is 0 Å². The standard InChI is InChI=1S/C9H18N2O4/c1-3-5-8(7-10(12)13)9(6-4-2)11(14)15/h8-9H,3-7H2,1-2H3. The molecule has 6 heteroatoms. The molecule has 0 aliphatic carbocycles. The molecular weight excluding hydrogens is 200 g/mol. The number of nitro groups is 2. The summed E-state index contributed by atoms with van der Waals surface area (Å²) in [7, 11) is 0. The SMILES string of the molecule is CCCC(C[N+](=O)[O-])C(CCC)[N+](=O)[O-]. The molecule has 0 bridgehead atoms. The lowest BCUT2D eigenvalue weighted by molar-refractivity contribution is -0.556. The zero-order chi connectivity index (χ0) is 11.8. The average molecular weight is 218 g/mol. The first kappa shape index (κ1) is 13.8. The zero-order valence-electron chi connectivity index (χ0n) is 9.22. The second-order valence-corrected chi connectivity index (χ2v) is 3.71. The molecule has 0 fully saturated rings. The van der Waals surface area contributed by atoms with Crippen LogP contribution in [0.25, 0.3) is 0 Å². The van der Waals surface area contributed by atoms with Crippen molar-refractivity contribution in [2.24, 2.45) is 5.92 Å². The molecule has 0 amide bonds. The Bertz CT molecular complexity index is 220. The van der Waals surface area contributed by atoms with Gasteiger partial charge in [-0.1, -0.05) is 20.3 Å². The summed E-state index contributed by atoms with van der Waals surface area (Å²) in [5, 5.41) is 21.2. The molecule has 0 aliphatic rings. The summed E-state index contributed by atoms with van der Waals surface area (Å²) >= 11 is 0. The summed E-state index contributed by atoms with van der Waals surface area (Å²) in [5.41, 5.74) is 0. The Morgan fingerprint density at radius 1 is 1.07 bits per heavy atom. The second kappa shape index (κ2) is 7.14. The molecule has 0 radical (unpaired) electrons. The van der Waals surface area contributed by atoms with Gasteiger partial charge >= 0.3 is 0 Å². The quantitative estimate of drug-likeness (QED) is 0.461. The van der Waals surface area contributed by atoms with E-state index in [0.717, 1.165) is 6.42 Å². The first-order valence-corrected chi connectivity index (χ1v) is 5.28. The molecule has 0 rings (SSSR count). The normalized spacial score (nSPS) is 14.5. The topological polar surface area (TPSA) is 86.3 Å². The predicted molar refractivity (Wildman–Crippen MR) is 55.9 cm³/mol. The molecule has 0 spiro atoms. The fourth-order valence-electron chi connectivity index (χ4n) is 1.78. The summed E-state index contributed by atoms with van der Waals surface area (Å²) in [6.07, 6.45) is 2.40. The lowest BCUT2D eigenvalue weighted by Crippen LogP contribution is -2.33. The predicted octanol–water partition coefficient (Wildman–Crippen LogP) is 2.12. The number of hydrogen-bond acceptors (Lipinski definition) is 4. The van der Waals surface area contributed by atoms with Crippen LogP contribution in [0.15, 0.2) is 0 Å². The molecular formula is C9H18N2O4. The first-order valence-electron chi connectivity index (χ1n) is 5.28. The van der Waals surface area contributed by atoms with Crippen LogP contribution < -0.4 is 0 Å². The van der Waals surface area contributed by atoms with Crippen LogP contribution in [-0.4, -0.2) is 22.4 Å². The number of nitrogens with zero attached hydrogens (tertiary/aromatic N) is 2. The van der Waals surface area contributed by atoms with Gasteiger partial charge in [0.25, 0.3) is 0 Å². The summed E-state index contributed by atoms with van der Waals surface area (Å²) in [6, 6.07) is -0.764. The largest absolute Gasteiger partial charge is 0.265 e. The Labute approximate surface area is 89.0 Å². The van der Waals surface area contributed by atoms with Gasteiger partial charge in [0.2, 0.25) is 12.6 Å². The van der Waals surface area contributed by atoms with Crippen molar-refractivity contribution < 1.29 is 9.85 Å². The van der Waals surface area contributed by atoms with Crippen molar-refractivity contribution in [3.63, 3.8) is 0 Å². The van der Waals surface area contributed by atoms with E-state index in [1.807, 2.05) is 13.8 Å². The molecule has 0 aliphatic heterocycles. The summed E-state index contributed by atoms with van der Waals surface area (Å²) in [6.45, 7) is 3.45. The minimum atomic E-state index is -0.764. The van der Waals surface area contributed by atoms with Crippen molar-refractivity contribution in [1.82, 2.24) is 0 Å². The number of rotatable bonds is 8. The molecule has 0 heterocycles. The van der Waals surface area contributed by atoms with E-state index >= 15 is 0 Å². The van der Waals surface area contributed by atoms with Crippen molar-refractivity contribution in [2.75, 3.05) is 6.54 Å². The second-order valence-electron chi connectivity index (χ2n) is 3.71. The maximum Gasteiger partial charge on any atom is 0.222 e. The Morgan fingerprint density at radius 3 is 1.93 bits per heavy atom. The molecule has 88 valence electrons. The lowest BCUT2D eigenvalue weighted by atomic mass is 9.92. The summed E-state index contributed by atoms with van der Waals surface area (Å²) < 4.78 is 0. The van der Waals surface area contributed by atoms with Gasteiger partial charge in [0, 0.05) is 16.3 Å². The van der Waals surface area contributed by atoms with E-state index < -0.39 is 16.9 Å². The van der Waals surface area contributed by atoms with Crippen molar-refractivity contribution in [2.45, 2.75) is 45.6 Å². The van der Waals surface area contributed by atoms with E-state index in [2.05, 4.69) is 0 Å². The van der Waals surface area contributed by atoms with Crippen LogP contribution >= 0.6 is 0 Å². The van der Waals surface area contributed by atoms with Gasteiger partial charge in [-0.3, -0.25) is 20.2 Å². The molecule has 0 aromatic rings. The van der Waals surface area contributed by atoms with Crippen LogP contribution in [0, 0.1) is 26.1 Å². The molecule has 0 saturated heterocycles. The highest BCUT2D eigenvalue weighted by Gasteiger charge is 2.33. The molecule has 0 aromatic heterocycles. The van der Waals surface area contributed by atoms with Gasteiger partial charge in [0.1, 0.15) is 0 Å². The van der Waals surface area contributed by atoms with E-state index in [1.54, 1.807) is 0 Å². The van der Waals surface area contributed by atoms with E-state index in [9.17, 15) is 20.2 Å². The highest BCUT2D eigenvalue weighted by Crippen LogP contribution is 2.18. The van der Waals surface area contributed by atoms with E-state index in [0.29, 0.717) is 19.3 Å². The van der Waals surface area contributed by atoms with Gasteiger partial charge in [-0.15, -0.1) is 0 Å². The van der Waals surface area contributed by atoms with E-state index in [4.69, 9.17) is 0 Å². The number of hydrogen-bond donors (Lipinski definition) is 0. The maximum atomic E-state index is 10.8.